The first-order chi connectivity index (χ1) is 10.2. The van der Waals surface area contributed by atoms with E-state index in [9.17, 15) is 4.79 Å². The van der Waals surface area contributed by atoms with Gasteiger partial charge in [-0.1, -0.05) is 12.1 Å². The Hall–Kier alpha value is -1.17. The molecule has 0 aromatic carbocycles. The van der Waals surface area contributed by atoms with Gasteiger partial charge in [0.05, 0.1) is 6.04 Å². The molecule has 1 N–H and O–H groups in total. The number of carbonyl (C=O) groups excluding carboxylic acids is 1. The zero-order valence-electron chi connectivity index (χ0n) is 12.1. The molecule has 3 rings (SSSR count). The molecule has 0 saturated carbocycles. The number of nitrogens with one attached hydrogen (secondary N) is 1. The number of nitrogens with zero attached hydrogens (tertiary/aromatic N) is 1. The van der Waals surface area contributed by atoms with Gasteiger partial charge in [-0.15, -0.1) is 22.7 Å². The van der Waals surface area contributed by atoms with E-state index >= 15 is 0 Å². The van der Waals surface area contributed by atoms with Crippen molar-refractivity contribution in [3.8, 4) is 0 Å². The lowest BCUT2D eigenvalue weighted by Gasteiger charge is -2.33. The Morgan fingerprint density at radius 2 is 1.76 bits per heavy atom. The first kappa shape index (κ1) is 14.8. The summed E-state index contributed by atoms with van der Waals surface area (Å²) in [5, 5.41) is 8.07. The molecule has 112 valence electrons. The van der Waals surface area contributed by atoms with Crippen LogP contribution in [0.15, 0.2) is 35.0 Å². The molecule has 1 amide bonds. The van der Waals surface area contributed by atoms with Crippen molar-refractivity contribution in [2.24, 2.45) is 0 Å². The fraction of sp³-hybridized carbons (Fsp3) is 0.438. The third kappa shape index (κ3) is 3.54. The van der Waals surface area contributed by atoms with Crippen molar-refractivity contribution in [3.05, 3.63) is 44.8 Å². The van der Waals surface area contributed by atoms with E-state index in [-0.39, 0.29) is 5.91 Å². The number of hydrogen-bond acceptors (Lipinski definition) is 4. The molecule has 0 atom stereocenters. The Morgan fingerprint density at radius 3 is 2.19 bits per heavy atom. The van der Waals surface area contributed by atoms with Crippen LogP contribution in [-0.2, 0) is 4.79 Å². The van der Waals surface area contributed by atoms with E-state index in [0.717, 1.165) is 25.9 Å². The van der Waals surface area contributed by atoms with Crippen LogP contribution in [0.4, 0.5) is 0 Å². The highest BCUT2D eigenvalue weighted by Crippen LogP contribution is 2.30. The largest absolute Gasteiger partial charge is 0.343 e. The quantitative estimate of drug-likeness (QED) is 0.935. The fourth-order valence-electron chi connectivity index (χ4n) is 2.81. The van der Waals surface area contributed by atoms with Gasteiger partial charge in [0, 0.05) is 35.8 Å². The van der Waals surface area contributed by atoms with Gasteiger partial charge in [-0.25, -0.2) is 0 Å². The second-order valence-corrected chi connectivity index (χ2v) is 7.37. The van der Waals surface area contributed by atoms with Crippen LogP contribution in [0, 0.1) is 0 Å². The van der Waals surface area contributed by atoms with Crippen molar-refractivity contribution in [2.45, 2.75) is 31.8 Å². The van der Waals surface area contributed by atoms with Crippen molar-refractivity contribution in [3.63, 3.8) is 0 Å². The average molecular weight is 320 g/mol. The van der Waals surface area contributed by atoms with Crippen LogP contribution in [0.25, 0.3) is 0 Å². The highest BCUT2D eigenvalue weighted by Gasteiger charge is 2.25. The van der Waals surface area contributed by atoms with Crippen LogP contribution in [0.5, 0.6) is 0 Å². The summed E-state index contributed by atoms with van der Waals surface area (Å²) in [5.74, 6) is 0.196. The van der Waals surface area contributed by atoms with Gasteiger partial charge in [0.2, 0.25) is 5.91 Å². The number of thiophene rings is 2. The Bertz CT molecular complexity index is 523. The first-order valence-corrected chi connectivity index (χ1v) is 9.08. The Morgan fingerprint density at radius 1 is 1.19 bits per heavy atom. The lowest BCUT2D eigenvalue weighted by Crippen LogP contribution is -2.45. The van der Waals surface area contributed by atoms with Gasteiger partial charge in [0.25, 0.3) is 0 Å². The minimum atomic E-state index is 0.196. The molecule has 1 aliphatic rings. The number of rotatable bonds is 4. The van der Waals surface area contributed by atoms with E-state index in [0.29, 0.717) is 12.1 Å². The second kappa shape index (κ2) is 6.73. The normalized spacial score (nSPS) is 16.6. The number of likely N-dealkylation sites (tertiary alicyclic amines) is 1. The van der Waals surface area contributed by atoms with E-state index in [2.05, 4.69) is 40.3 Å². The van der Waals surface area contributed by atoms with E-state index in [1.807, 2.05) is 4.90 Å². The van der Waals surface area contributed by atoms with Crippen LogP contribution in [0.2, 0.25) is 0 Å². The van der Waals surface area contributed by atoms with E-state index < -0.39 is 0 Å². The minimum Gasteiger partial charge on any atom is -0.343 e. The smallest absolute Gasteiger partial charge is 0.219 e. The summed E-state index contributed by atoms with van der Waals surface area (Å²) in [6, 6.07) is 9.40. The second-order valence-electron chi connectivity index (χ2n) is 5.41. The van der Waals surface area contributed by atoms with Gasteiger partial charge in [-0.3, -0.25) is 4.79 Å². The molecule has 1 saturated heterocycles. The molecule has 1 fully saturated rings. The predicted octanol–water partition coefficient (Wildman–Crippen LogP) is 3.50. The SMILES string of the molecule is CC(=O)N1CCC(NC(c2cccs2)c2cccs2)CC1. The fourth-order valence-corrected chi connectivity index (χ4v) is 4.49. The van der Waals surface area contributed by atoms with E-state index in [1.54, 1.807) is 29.6 Å². The molecule has 0 unspecified atom stereocenters. The Balaban J connectivity index is 1.68. The maximum absolute atomic E-state index is 11.4. The molecule has 3 nitrogen and oxygen atoms in total. The summed E-state index contributed by atoms with van der Waals surface area (Å²) in [7, 11) is 0. The molecule has 2 aromatic rings. The zero-order chi connectivity index (χ0) is 14.7. The van der Waals surface area contributed by atoms with Crippen LogP contribution in [0.1, 0.15) is 35.6 Å². The third-order valence-corrected chi connectivity index (χ3v) is 5.87. The van der Waals surface area contributed by atoms with Gasteiger partial charge in [-0.2, -0.15) is 0 Å². The maximum Gasteiger partial charge on any atom is 0.219 e. The van der Waals surface area contributed by atoms with Crippen molar-refractivity contribution in [1.82, 2.24) is 10.2 Å². The number of amides is 1. The lowest BCUT2D eigenvalue weighted by atomic mass is 10.0. The molecule has 21 heavy (non-hydrogen) atoms. The zero-order valence-corrected chi connectivity index (χ0v) is 13.8. The van der Waals surface area contributed by atoms with Crippen molar-refractivity contribution in [1.29, 1.82) is 0 Å². The van der Waals surface area contributed by atoms with Crippen molar-refractivity contribution >= 4 is 28.6 Å². The molecule has 5 heteroatoms. The highest BCUT2D eigenvalue weighted by atomic mass is 32.1. The number of piperidine rings is 1. The van der Waals surface area contributed by atoms with Gasteiger partial charge in [0.15, 0.2) is 0 Å². The molecule has 0 radical (unpaired) electrons. The standard InChI is InChI=1S/C16H20N2OS2/c1-12(19)18-8-6-13(7-9-18)17-16(14-4-2-10-20-14)15-5-3-11-21-15/h2-5,10-11,13,16-17H,6-9H2,1H3. The van der Waals surface area contributed by atoms with Crippen LogP contribution < -0.4 is 5.32 Å². The van der Waals surface area contributed by atoms with Crippen molar-refractivity contribution < 1.29 is 4.79 Å². The average Bonchev–Trinajstić information content (AvgIpc) is 3.19. The molecule has 2 aromatic heterocycles. The molecule has 0 aliphatic carbocycles. The predicted molar refractivity (Wildman–Crippen MR) is 88.9 cm³/mol. The van der Waals surface area contributed by atoms with E-state index in [4.69, 9.17) is 0 Å². The highest BCUT2D eigenvalue weighted by molar-refractivity contribution is 7.11. The lowest BCUT2D eigenvalue weighted by molar-refractivity contribution is -0.129. The number of hydrogen-bond donors (Lipinski definition) is 1. The summed E-state index contributed by atoms with van der Waals surface area (Å²) in [5.41, 5.74) is 0. The summed E-state index contributed by atoms with van der Waals surface area (Å²) in [4.78, 5) is 16.1. The van der Waals surface area contributed by atoms with Crippen LogP contribution >= 0.6 is 22.7 Å². The third-order valence-electron chi connectivity index (χ3n) is 4.00. The monoisotopic (exact) mass is 320 g/mol. The van der Waals surface area contributed by atoms with Crippen LogP contribution in [0.3, 0.4) is 0 Å². The molecule has 0 spiro atoms. The van der Waals surface area contributed by atoms with Crippen LogP contribution in [-0.4, -0.2) is 29.9 Å². The van der Waals surface area contributed by atoms with E-state index in [1.165, 1.54) is 9.75 Å². The molecule has 1 aliphatic heterocycles. The van der Waals surface area contributed by atoms with Crippen molar-refractivity contribution in [2.75, 3.05) is 13.1 Å². The Labute approximate surface area is 133 Å². The molecular weight excluding hydrogens is 300 g/mol. The Kier molecular flexibility index (Phi) is 4.73. The number of carbonyl (C=O) groups is 1. The molecule has 0 bridgehead atoms. The van der Waals surface area contributed by atoms with Gasteiger partial charge in [0.1, 0.15) is 0 Å². The topological polar surface area (TPSA) is 32.3 Å². The van der Waals surface area contributed by atoms with Gasteiger partial charge in [-0.05, 0) is 35.7 Å². The van der Waals surface area contributed by atoms with Gasteiger partial charge < -0.3 is 10.2 Å². The summed E-state index contributed by atoms with van der Waals surface area (Å²) < 4.78 is 0. The maximum atomic E-state index is 11.4. The summed E-state index contributed by atoms with van der Waals surface area (Å²) >= 11 is 3.61. The molecule has 3 heterocycles. The molecular formula is C16H20N2OS2. The minimum absolute atomic E-state index is 0.196. The summed E-state index contributed by atoms with van der Waals surface area (Å²) in [6.07, 6.45) is 2.07. The summed E-state index contributed by atoms with van der Waals surface area (Å²) in [6.45, 7) is 3.40. The first-order valence-electron chi connectivity index (χ1n) is 7.32. The van der Waals surface area contributed by atoms with Gasteiger partial charge >= 0.3 is 0 Å².